The molecule has 0 aliphatic heterocycles. The topological polar surface area (TPSA) is 99.5 Å². The summed E-state index contributed by atoms with van der Waals surface area (Å²) in [6, 6.07) is 5.39. The van der Waals surface area contributed by atoms with Crippen molar-refractivity contribution in [1.82, 2.24) is 10.3 Å². The molecule has 0 unspecified atom stereocenters. The molecule has 1 amide bonds. The molecule has 2 radical (unpaired) electrons. The van der Waals surface area contributed by atoms with Gasteiger partial charge in [-0.15, -0.1) is 0 Å². The fraction of sp³-hybridized carbons (Fsp3) is 0.0714. The minimum absolute atomic E-state index is 0.105. The van der Waals surface area contributed by atoms with E-state index >= 15 is 0 Å². The fourth-order valence-corrected chi connectivity index (χ4v) is 1.80. The molecule has 0 aliphatic carbocycles. The van der Waals surface area contributed by atoms with Crippen molar-refractivity contribution < 1.29 is 24.2 Å². The number of nitrogens with zero attached hydrogens (tertiary/aromatic N) is 1. The summed E-state index contributed by atoms with van der Waals surface area (Å²) < 4.78 is 13.4. The zero-order chi connectivity index (χ0) is 16.3. The van der Waals surface area contributed by atoms with Crippen LogP contribution in [0.1, 0.15) is 10.5 Å². The summed E-state index contributed by atoms with van der Waals surface area (Å²) in [6.07, 6.45) is 1.24. The minimum atomic E-state index is -1.23. The van der Waals surface area contributed by atoms with E-state index in [1.54, 1.807) is 6.07 Å². The fourth-order valence-electron chi connectivity index (χ4n) is 1.80. The van der Waals surface area contributed by atoms with Gasteiger partial charge in [0.15, 0.2) is 5.69 Å². The van der Waals surface area contributed by atoms with Crippen LogP contribution in [0.3, 0.4) is 0 Å². The Balaban J connectivity index is 2.32. The standard InChI is InChI=1S/C14H10BFN2O4/c15-12-8(2-1-3-9(12)16)7-4-10(19)13(17-5-7)14(22)18-6-11(20)21/h1-5,19H,6H2,(H,18,22)(H,20,21). The first kappa shape index (κ1) is 15.5. The Morgan fingerprint density at radius 2 is 2.09 bits per heavy atom. The summed E-state index contributed by atoms with van der Waals surface area (Å²) >= 11 is 0. The zero-order valence-electron chi connectivity index (χ0n) is 11.2. The van der Waals surface area contributed by atoms with Crippen LogP contribution >= 0.6 is 0 Å². The lowest BCUT2D eigenvalue weighted by Gasteiger charge is -2.09. The Kier molecular flexibility index (Phi) is 4.40. The Labute approximate surface area is 126 Å². The summed E-state index contributed by atoms with van der Waals surface area (Å²) in [5.41, 5.74) is 0.205. The monoisotopic (exact) mass is 300 g/mol. The molecule has 0 aliphatic rings. The molecular weight excluding hydrogens is 290 g/mol. The number of halogens is 1. The van der Waals surface area contributed by atoms with Gasteiger partial charge in [0.05, 0.1) is 0 Å². The van der Waals surface area contributed by atoms with Crippen molar-refractivity contribution in [1.29, 1.82) is 0 Å². The SMILES string of the molecule is [B]c1c(F)cccc1-c1cnc(C(=O)NCC(=O)O)c(O)c1. The van der Waals surface area contributed by atoms with Crippen LogP contribution in [0.2, 0.25) is 0 Å². The number of carbonyl (C=O) groups is 2. The van der Waals surface area contributed by atoms with Crippen LogP contribution in [0.5, 0.6) is 5.75 Å². The number of amides is 1. The molecule has 0 spiro atoms. The van der Waals surface area contributed by atoms with Crippen molar-refractivity contribution in [2.24, 2.45) is 0 Å². The molecule has 1 heterocycles. The largest absolute Gasteiger partial charge is 0.505 e. The minimum Gasteiger partial charge on any atom is -0.505 e. The van der Waals surface area contributed by atoms with E-state index in [0.29, 0.717) is 11.1 Å². The molecule has 2 rings (SSSR count). The first-order chi connectivity index (χ1) is 10.4. The van der Waals surface area contributed by atoms with Gasteiger partial charge >= 0.3 is 5.97 Å². The van der Waals surface area contributed by atoms with Crippen molar-refractivity contribution >= 4 is 25.2 Å². The van der Waals surface area contributed by atoms with E-state index in [0.717, 1.165) is 0 Å². The third kappa shape index (κ3) is 3.22. The third-order valence-electron chi connectivity index (χ3n) is 2.85. The second-order valence-electron chi connectivity index (χ2n) is 4.37. The number of hydrogen-bond acceptors (Lipinski definition) is 4. The molecule has 3 N–H and O–H groups in total. The molecule has 6 nitrogen and oxygen atoms in total. The van der Waals surface area contributed by atoms with E-state index in [2.05, 4.69) is 10.3 Å². The van der Waals surface area contributed by atoms with Gasteiger partial charge in [-0.3, -0.25) is 9.59 Å². The second kappa shape index (κ2) is 6.25. The van der Waals surface area contributed by atoms with E-state index < -0.39 is 30.0 Å². The number of carboxylic acids is 1. The quantitative estimate of drug-likeness (QED) is 0.701. The predicted octanol–water partition coefficient (Wildman–Crippen LogP) is 0.201. The molecule has 0 saturated carbocycles. The van der Waals surface area contributed by atoms with Gasteiger partial charge in [-0.1, -0.05) is 17.6 Å². The molecular formula is C14H10BFN2O4. The third-order valence-corrected chi connectivity index (χ3v) is 2.85. The summed E-state index contributed by atoms with van der Waals surface area (Å²) in [5.74, 6) is -3.14. The summed E-state index contributed by atoms with van der Waals surface area (Å²) in [6.45, 7) is -0.599. The molecule has 0 atom stereocenters. The van der Waals surface area contributed by atoms with Gasteiger partial charge in [0.2, 0.25) is 0 Å². The number of carbonyl (C=O) groups excluding carboxylic acids is 1. The van der Waals surface area contributed by atoms with Gasteiger partial charge in [0.1, 0.15) is 26.0 Å². The normalized spacial score (nSPS) is 10.2. The van der Waals surface area contributed by atoms with Gasteiger partial charge in [0, 0.05) is 11.8 Å². The van der Waals surface area contributed by atoms with Gasteiger partial charge < -0.3 is 15.5 Å². The molecule has 0 bridgehead atoms. The summed E-state index contributed by atoms with van der Waals surface area (Å²) in [5, 5.41) is 20.4. The highest BCUT2D eigenvalue weighted by molar-refractivity contribution is 6.36. The molecule has 1 aromatic carbocycles. The van der Waals surface area contributed by atoms with Gasteiger partial charge in [-0.25, -0.2) is 9.37 Å². The van der Waals surface area contributed by atoms with Crippen molar-refractivity contribution in [2.75, 3.05) is 6.54 Å². The van der Waals surface area contributed by atoms with Crippen molar-refractivity contribution in [3.8, 4) is 16.9 Å². The number of rotatable bonds is 4. The predicted molar refractivity (Wildman–Crippen MR) is 76.7 cm³/mol. The van der Waals surface area contributed by atoms with Gasteiger partial charge in [-0.2, -0.15) is 0 Å². The maximum Gasteiger partial charge on any atom is 0.322 e. The number of aromatic hydroxyl groups is 1. The Morgan fingerprint density at radius 1 is 1.36 bits per heavy atom. The molecule has 2 aromatic rings. The maximum absolute atomic E-state index is 13.4. The molecule has 0 saturated heterocycles. The highest BCUT2D eigenvalue weighted by Crippen LogP contribution is 2.23. The molecule has 110 valence electrons. The Bertz CT molecular complexity index is 752. The van der Waals surface area contributed by atoms with Crippen LogP contribution in [-0.2, 0) is 4.79 Å². The lowest BCUT2D eigenvalue weighted by atomic mass is 9.87. The van der Waals surface area contributed by atoms with Gasteiger partial charge in [-0.05, 0) is 17.7 Å². The smallest absolute Gasteiger partial charge is 0.322 e. The molecule has 0 fully saturated rings. The number of aromatic nitrogens is 1. The number of hydrogen-bond donors (Lipinski definition) is 3. The van der Waals surface area contributed by atoms with Crippen molar-refractivity contribution in [3.05, 3.63) is 42.0 Å². The van der Waals surface area contributed by atoms with Crippen LogP contribution in [0.15, 0.2) is 30.5 Å². The van der Waals surface area contributed by atoms with E-state index in [4.69, 9.17) is 13.0 Å². The first-order valence-corrected chi connectivity index (χ1v) is 6.13. The summed E-state index contributed by atoms with van der Waals surface area (Å²) in [7, 11) is 5.61. The number of pyridine rings is 1. The average molecular weight is 300 g/mol. The highest BCUT2D eigenvalue weighted by atomic mass is 19.1. The molecule has 1 aromatic heterocycles. The molecule has 8 heteroatoms. The van der Waals surface area contributed by atoms with Crippen LogP contribution in [0, 0.1) is 5.82 Å². The van der Waals surface area contributed by atoms with Crippen LogP contribution < -0.4 is 10.8 Å². The average Bonchev–Trinajstić information content (AvgIpc) is 2.47. The van der Waals surface area contributed by atoms with E-state index in [9.17, 15) is 19.1 Å². The number of aliphatic carboxylic acids is 1. The van der Waals surface area contributed by atoms with Crippen LogP contribution in [-0.4, -0.2) is 41.5 Å². The van der Waals surface area contributed by atoms with Crippen LogP contribution in [0.4, 0.5) is 4.39 Å². The van der Waals surface area contributed by atoms with E-state index in [1.165, 1.54) is 24.4 Å². The number of nitrogens with one attached hydrogen (secondary N) is 1. The van der Waals surface area contributed by atoms with Gasteiger partial charge in [0.25, 0.3) is 5.91 Å². The van der Waals surface area contributed by atoms with Crippen LogP contribution in [0.25, 0.3) is 11.1 Å². The maximum atomic E-state index is 13.4. The number of carboxylic acid groups (broad SMARTS) is 1. The lowest BCUT2D eigenvalue weighted by Crippen LogP contribution is -2.29. The van der Waals surface area contributed by atoms with E-state index in [1.807, 2.05) is 0 Å². The number of benzene rings is 1. The summed E-state index contributed by atoms with van der Waals surface area (Å²) in [4.78, 5) is 25.8. The Hall–Kier alpha value is -2.90. The molecule has 22 heavy (non-hydrogen) atoms. The highest BCUT2D eigenvalue weighted by Gasteiger charge is 2.15. The first-order valence-electron chi connectivity index (χ1n) is 6.13. The zero-order valence-corrected chi connectivity index (χ0v) is 11.2. The van der Waals surface area contributed by atoms with Crippen molar-refractivity contribution in [3.63, 3.8) is 0 Å². The van der Waals surface area contributed by atoms with Crippen molar-refractivity contribution in [2.45, 2.75) is 0 Å². The Morgan fingerprint density at radius 3 is 2.73 bits per heavy atom. The second-order valence-corrected chi connectivity index (χ2v) is 4.37. The van der Waals surface area contributed by atoms with E-state index in [-0.39, 0.29) is 11.2 Å². The lowest BCUT2D eigenvalue weighted by molar-refractivity contribution is -0.135.